The highest BCUT2D eigenvalue weighted by Crippen LogP contribution is 2.41. The monoisotopic (exact) mass is 814 g/mol. The maximum atomic E-state index is 14.0. The minimum Gasteiger partial charge on any atom is -0.495 e. The number of nitrogens with one attached hydrogen (secondary N) is 2. The molecule has 0 spiro atoms. The van der Waals surface area contributed by atoms with E-state index < -0.39 is 11.9 Å². The average Bonchev–Trinajstić information content (AvgIpc) is 3.66. The van der Waals surface area contributed by atoms with E-state index in [9.17, 15) is 19.2 Å². The number of piperazine rings is 1. The Hall–Kier alpha value is -6.39. The number of ether oxygens (including phenoxy) is 1. The van der Waals surface area contributed by atoms with E-state index in [1.165, 1.54) is 36.8 Å². The summed E-state index contributed by atoms with van der Waals surface area (Å²) in [7, 11) is 1.57. The van der Waals surface area contributed by atoms with Crippen molar-refractivity contribution < 1.29 is 19.1 Å². The van der Waals surface area contributed by atoms with Crippen molar-refractivity contribution in [2.45, 2.75) is 84.2 Å². The van der Waals surface area contributed by atoms with E-state index in [4.69, 9.17) is 14.7 Å². The van der Waals surface area contributed by atoms with Gasteiger partial charge in [0.1, 0.15) is 23.3 Å². The largest absolute Gasteiger partial charge is 0.495 e. The SMILES string of the molecule is CC[C@@H]1c2nnc(C)n2-c2cnc(Nc3ccc(C(=O)N4CCN(c5cccc6c(C)nn(C7CCC(=O)NC7=O)c(=O)c56)CC4)cc3OC)nc2N1CC1CCCCC1. The first kappa shape index (κ1) is 39.1. The molecule has 6 heterocycles. The number of hydrogen-bond acceptors (Lipinski definition) is 13. The Balaban J connectivity index is 0.925. The van der Waals surface area contributed by atoms with Crippen LogP contribution in [0.2, 0.25) is 0 Å². The van der Waals surface area contributed by atoms with Crippen LogP contribution < -0.4 is 30.7 Å². The van der Waals surface area contributed by atoms with Crippen LogP contribution in [0.4, 0.5) is 23.1 Å². The Morgan fingerprint density at radius 2 is 1.77 bits per heavy atom. The fourth-order valence-corrected chi connectivity index (χ4v) is 9.45. The number of amides is 3. The van der Waals surface area contributed by atoms with Crippen LogP contribution in [0.5, 0.6) is 5.75 Å². The van der Waals surface area contributed by atoms with Gasteiger partial charge in [0.15, 0.2) is 11.6 Å². The molecule has 3 fully saturated rings. The Morgan fingerprint density at radius 1 is 0.967 bits per heavy atom. The van der Waals surface area contributed by atoms with Crippen LogP contribution in [-0.2, 0) is 9.59 Å². The molecular formula is C43H50N12O5. The van der Waals surface area contributed by atoms with Crippen molar-refractivity contribution in [3.63, 3.8) is 0 Å². The van der Waals surface area contributed by atoms with Crippen LogP contribution >= 0.6 is 0 Å². The number of aryl methyl sites for hydroxylation is 2. The van der Waals surface area contributed by atoms with Gasteiger partial charge in [0.05, 0.1) is 41.8 Å². The normalized spacial score (nSPS) is 19.6. The van der Waals surface area contributed by atoms with Crippen molar-refractivity contribution >= 4 is 51.6 Å². The molecule has 2 N–H and O–H groups in total. The number of carbonyl (C=O) groups is 3. The number of hydrogen-bond donors (Lipinski definition) is 2. The lowest BCUT2D eigenvalue weighted by Crippen LogP contribution is -2.49. The molecule has 3 aromatic heterocycles. The third-order valence-corrected chi connectivity index (χ3v) is 12.6. The van der Waals surface area contributed by atoms with Gasteiger partial charge in [-0.05, 0) is 69.7 Å². The molecule has 0 radical (unpaired) electrons. The van der Waals surface area contributed by atoms with Crippen LogP contribution in [0.15, 0.2) is 47.4 Å². The van der Waals surface area contributed by atoms with Gasteiger partial charge < -0.3 is 24.8 Å². The molecule has 17 heteroatoms. The zero-order valence-electron chi connectivity index (χ0n) is 34.5. The van der Waals surface area contributed by atoms with Crippen LogP contribution in [0.1, 0.15) is 98.1 Å². The topological polar surface area (TPSA) is 186 Å². The van der Waals surface area contributed by atoms with Gasteiger partial charge in [-0.15, -0.1) is 10.2 Å². The first-order valence-electron chi connectivity index (χ1n) is 21.0. The molecule has 5 aromatic rings. The third-order valence-electron chi connectivity index (χ3n) is 12.6. The lowest BCUT2D eigenvalue weighted by atomic mass is 9.88. The second-order valence-corrected chi connectivity index (χ2v) is 16.2. The van der Waals surface area contributed by atoms with Crippen LogP contribution in [0, 0.1) is 19.8 Å². The van der Waals surface area contributed by atoms with E-state index in [0.29, 0.717) is 71.5 Å². The summed E-state index contributed by atoms with van der Waals surface area (Å²) in [5.74, 6) is 3.04. The first-order valence-corrected chi connectivity index (χ1v) is 21.0. The highest BCUT2D eigenvalue weighted by molar-refractivity contribution is 6.00. The molecule has 60 heavy (non-hydrogen) atoms. The number of rotatable bonds is 9. The number of carbonyl (C=O) groups excluding carboxylic acids is 3. The number of anilines is 4. The summed E-state index contributed by atoms with van der Waals surface area (Å²) in [6.45, 7) is 8.67. The summed E-state index contributed by atoms with van der Waals surface area (Å²) in [4.78, 5) is 68.6. The van der Waals surface area contributed by atoms with Crippen molar-refractivity contribution in [3.05, 3.63) is 75.9 Å². The molecule has 312 valence electrons. The standard InChI is InChI=1S/C43H50N12O5/c1-5-31-39-49-48-26(3)54(39)34-23-44-43(47-38(34)53(31)24-27-10-7-6-8-11-27)45-30-15-14-28(22-35(30)60-4)41(58)52-20-18-51(19-21-52)32-13-9-12-29-25(2)50-55(42(59)37(29)32)33-16-17-36(56)46-40(33)57/h9,12-15,22-23,27,31,33H,5-8,10-11,16-21,24H2,1-4H3,(H,44,45,47)(H,46,56,57)/t31-,33?/m1/s1. The van der Waals surface area contributed by atoms with Gasteiger partial charge in [0.2, 0.25) is 11.9 Å². The quantitative estimate of drug-likeness (QED) is 0.191. The zero-order valence-corrected chi connectivity index (χ0v) is 34.5. The maximum Gasteiger partial charge on any atom is 0.277 e. The third kappa shape index (κ3) is 6.98. The summed E-state index contributed by atoms with van der Waals surface area (Å²) >= 11 is 0. The molecule has 2 aromatic carbocycles. The molecule has 2 atom stereocenters. The molecule has 17 nitrogen and oxygen atoms in total. The molecule has 1 unspecified atom stereocenters. The molecule has 9 rings (SSSR count). The molecule has 2 saturated heterocycles. The predicted octanol–water partition coefficient (Wildman–Crippen LogP) is 4.93. The number of piperidine rings is 1. The molecular weight excluding hydrogens is 765 g/mol. The Labute approximate surface area is 347 Å². The molecule has 1 saturated carbocycles. The fraction of sp³-hybridized carbons (Fsp3) is 0.465. The van der Waals surface area contributed by atoms with E-state index in [1.807, 2.05) is 44.3 Å². The smallest absolute Gasteiger partial charge is 0.277 e. The highest BCUT2D eigenvalue weighted by atomic mass is 16.5. The number of methoxy groups -OCH3 is 1. The van der Waals surface area contributed by atoms with Crippen molar-refractivity contribution in [1.82, 2.24) is 44.7 Å². The van der Waals surface area contributed by atoms with Crippen LogP contribution in [0.25, 0.3) is 16.5 Å². The Bertz CT molecular complexity index is 2560. The second kappa shape index (κ2) is 16.0. The van der Waals surface area contributed by atoms with Gasteiger partial charge in [0, 0.05) is 50.1 Å². The number of imide groups is 1. The second-order valence-electron chi connectivity index (χ2n) is 16.2. The summed E-state index contributed by atoms with van der Waals surface area (Å²) in [5, 5.41) is 20.4. The van der Waals surface area contributed by atoms with Gasteiger partial charge in [-0.3, -0.25) is 29.1 Å². The highest BCUT2D eigenvalue weighted by Gasteiger charge is 2.37. The summed E-state index contributed by atoms with van der Waals surface area (Å²) < 4.78 is 9.10. The Morgan fingerprint density at radius 3 is 2.52 bits per heavy atom. The van der Waals surface area contributed by atoms with Gasteiger partial charge in [-0.25, -0.2) is 9.67 Å². The van der Waals surface area contributed by atoms with E-state index in [-0.39, 0.29) is 36.3 Å². The summed E-state index contributed by atoms with van der Waals surface area (Å²) in [6.07, 6.45) is 9.26. The molecule has 3 amide bonds. The van der Waals surface area contributed by atoms with Crippen molar-refractivity contribution in [2.24, 2.45) is 5.92 Å². The van der Waals surface area contributed by atoms with E-state index in [2.05, 4.69) is 47.2 Å². The maximum absolute atomic E-state index is 14.0. The molecule has 1 aliphatic carbocycles. The average molecular weight is 815 g/mol. The first-order chi connectivity index (χ1) is 29.1. The molecule has 0 bridgehead atoms. The van der Waals surface area contributed by atoms with Crippen molar-refractivity contribution in [3.8, 4) is 11.4 Å². The van der Waals surface area contributed by atoms with Gasteiger partial charge >= 0.3 is 0 Å². The summed E-state index contributed by atoms with van der Waals surface area (Å²) in [6, 6.07) is 10.1. The molecule has 4 aliphatic rings. The van der Waals surface area contributed by atoms with Gasteiger partial charge in [-0.2, -0.15) is 10.1 Å². The number of fused-ring (bicyclic) bond motifs is 4. The van der Waals surface area contributed by atoms with Gasteiger partial charge in [0.25, 0.3) is 17.4 Å². The lowest BCUT2D eigenvalue weighted by molar-refractivity contribution is -0.136. The number of benzene rings is 2. The number of aromatic nitrogens is 7. The predicted molar refractivity (Wildman–Crippen MR) is 225 cm³/mol. The van der Waals surface area contributed by atoms with Crippen LogP contribution in [-0.4, -0.2) is 97.0 Å². The minimum atomic E-state index is -0.867. The van der Waals surface area contributed by atoms with E-state index in [1.54, 1.807) is 24.1 Å². The van der Waals surface area contributed by atoms with Crippen LogP contribution in [0.3, 0.4) is 0 Å². The fourth-order valence-electron chi connectivity index (χ4n) is 9.45. The van der Waals surface area contributed by atoms with Crippen molar-refractivity contribution in [2.75, 3.05) is 55.0 Å². The lowest BCUT2D eigenvalue weighted by Gasteiger charge is -2.39. The van der Waals surface area contributed by atoms with E-state index >= 15 is 0 Å². The minimum absolute atomic E-state index is 0.0413. The molecule has 3 aliphatic heterocycles. The zero-order chi connectivity index (χ0) is 41.7. The summed E-state index contributed by atoms with van der Waals surface area (Å²) in [5.41, 5.74) is 2.92. The number of nitrogens with zero attached hydrogens (tertiary/aromatic N) is 10. The van der Waals surface area contributed by atoms with Crippen molar-refractivity contribution in [1.29, 1.82) is 0 Å². The van der Waals surface area contributed by atoms with Gasteiger partial charge in [-0.1, -0.05) is 38.3 Å². The Kier molecular flexibility index (Phi) is 10.4. The van der Waals surface area contributed by atoms with E-state index in [0.717, 1.165) is 41.8 Å².